The summed E-state index contributed by atoms with van der Waals surface area (Å²) in [6.45, 7) is 4.35. The lowest BCUT2D eigenvalue weighted by Crippen LogP contribution is -2.33. The smallest absolute Gasteiger partial charge is 0.308 e. The number of hydrogen-bond acceptors (Lipinski definition) is 4. The summed E-state index contributed by atoms with van der Waals surface area (Å²) in [6, 6.07) is 11.9. The van der Waals surface area contributed by atoms with E-state index in [1.54, 1.807) is 14.0 Å². The highest BCUT2D eigenvalue weighted by atomic mass is 32.1. The second-order valence-electron chi connectivity index (χ2n) is 6.48. The van der Waals surface area contributed by atoms with Crippen LogP contribution in [0, 0.1) is 12.8 Å². The van der Waals surface area contributed by atoms with Crippen molar-refractivity contribution in [2.24, 2.45) is 5.92 Å². The molecule has 6 nitrogen and oxygen atoms in total. The highest BCUT2D eigenvalue weighted by Gasteiger charge is 2.22. The van der Waals surface area contributed by atoms with Crippen molar-refractivity contribution < 1.29 is 14.7 Å². The number of rotatable bonds is 6. The van der Waals surface area contributed by atoms with Gasteiger partial charge in [-0.2, -0.15) is 5.10 Å². The standard InChI is InChI=1S/C19H21N3O3S/c1-12(19(24)25)10-21(3)17(23)16-9-15-13(2)20-22(18(15)26-16)11-14-7-5-4-6-8-14/h4-9,12H,10-11H2,1-3H3,(H,24,25). The van der Waals surface area contributed by atoms with Gasteiger partial charge >= 0.3 is 5.97 Å². The van der Waals surface area contributed by atoms with Crippen molar-refractivity contribution in [1.82, 2.24) is 14.7 Å². The first-order chi connectivity index (χ1) is 12.4. The molecule has 2 aromatic heterocycles. The number of hydrogen-bond donors (Lipinski definition) is 1. The normalized spacial score (nSPS) is 12.3. The molecular formula is C19H21N3O3S. The van der Waals surface area contributed by atoms with Gasteiger partial charge in [0, 0.05) is 19.0 Å². The average molecular weight is 371 g/mol. The molecule has 0 bridgehead atoms. The minimum Gasteiger partial charge on any atom is -0.481 e. The molecule has 0 saturated heterocycles. The van der Waals surface area contributed by atoms with Crippen molar-refractivity contribution in [3.63, 3.8) is 0 Å². The molecule has 26 heavy (non-hydrogen) atoms. The Labute approximate surface area is 155 Å². The number of aromatic nitrogens is 2. The molecule has 136 valence electrons. The van der Waals surface area contributed by atoms with Crippen LogP contribution >= 0.6 is 11.3 Å². The summed E-state index contributed by atoms with van der Waals surface area (Å²) in [6.07, 6.45) is 0. The number of carbonyl (C=O) groups is 2. The highest BCUT2D eigenvalue weighted by molar-refractivity contribution is 7.20. The second kappa shape index (κ2) is 7.29. The first-order valence-corrected chi connectivity index (χ1v) is 9.17. The van der Waals surface area contributed by atoms with E-state index >= 15 is 0 Å². The SMILES string of the molecule is Cc1nn(Cc2ccccc2)c2sc(C(=O)N(C)CC(C)C(=O)O)cc12. The van der Waals surface area contributed by atoms with Gasteiger partial charge in [-0.1, -0.05) is 37.3 Å². The second-order valence-corrected chi connectivity index (χ2v) is 7.51. The van der Waals surface area contributed by atoms with E-state index in [1.165, 1.54) is 16.2 Å². The summed E-state index contributed by atoms with van der Waals surface area (Å²) in [5, 5.41) is 14.6. The van der Waals surface area contributed by atoms with Crippen molar-refractivity contribution >= 4 is 33.4 Å². The van der Waals surface area contributed by atoms with Gasteiger partial charge in [0.1, 0.15) is 4.83 Å². The van der Waals surface area contributed by atoms with E-state index in [9.17, 15) is 9.59 Å². The Morgan fingerprint density at radius 2 is 2.00 bits per heavy atom. The van der Waals surface area contributed by atoms with Crippen LogP contribution in [0.15, 0.2) is 36.4 Å². The number of nitrogens with zero attached hydrogens (tertiary/aromatic N) is 3. The van der Waals surface area contributed by atoms with E-state index in [4.69, 9.17) is 5.11 Å². The van der Waals surface area contributed by atoms with Crippen LogP contribution in [-0.2, 0) is 11.3 Å². The first kappa shape index (κ1) is 18.1. The van der Waals surface area contributed by atoms with Crippen LogP contribution in [0.4, 0.5) is 0 Å². The average Bonchev–Trinajstić information content (AvgIpc) is 3.16. The van der Waals surface area contributed by atoms with Crippen molar-refractivity contribution in [2.45, 2.75) is 20.4 Å². The minimum atomic E-state index is -0.907. The van der Waals surface area contributed by atoms with Crippen LogP contribution in [0.1, 0.15) is 27.9 Å². The molecule has 3 aromatic rings. The molecule has 0 aliphatic heterocycles. The van der Waals surface area contributed by atoms with E-state index < -0.39 is 11.9 Å². The van der Waals surface area contributed by atoms with Crippen LogP contribution in [0.3, 0.4) is 0 Å². The maximum atomic E-state index is 12.7. The van der Waals surface area contributed by atoms with Crippen molar-refractivity contribution in [3.8, 4) is 0 Å². The molecule has 1 atom stereocenters. The molecule has 0 fully saturated rings. The molecular weight excluding hydrogens is 350 g/mol. The Bertz CT molecular complexity index is 946. The zero-order valence-corrected chi connectivity index (χ0v) is 15.8. The maximum absolute atomic E-state index is 12.7. The van der Waals surface area contributed by atoms with Gasteiger partial charge in [-0.05, 0) is 18.6 Å². The number of fused-ring (bicyclic) bond motifs is 1. The molecule has 7 heteroatoms. The topological polar surface area (TPSA) is 75.4 Å². The van der Waals surface area contributed by atoms with Crippen molar-refractivity contribution in [1.29, 1.82) is 0 Å². The molecule has 0 saturated carbocycles. The Morgan fingerprint density at radius 3 is 2.65 bits per heavy atom. The molecule has 2 heterocycles. The summed E-state index contributed by atoms with van der Waals surface area (Å²) in [5.41, 5.74) is 2.03. The number of carboxylic acids is 1. The molecule has 1 N–H and O–H groups in total. The third-order valence-electron chi connectivity index (χ3n) is 4.31. The van der Waals surface area contributed by atoms with Crippen LogP contribution in [0.25, 0.3) is 10.2 Å². The van der Waals surface area contributed by atoms with Crippen molar-refractivity contribution in [3.05, 3.63) is 52.5 Å². The first-order valence-electron chi connectivity index (χ1n) is 8.36. The Balaban J connectivity index is 1.86. The van der Waals surface area contributed by atoms with Crippen LogP contribution < -0.4 is 0 Å². The van der Waals surface area contributed by atoms with Crippen LogP contribution in [-0.4, -0.2) is 45.3 Å². The zero-order valence-electron chi connectivity index (χ0n) is 15.0. The summed E-state index contributed by atoms with van der Waals surface area (Å²) in [5.74, 6) is -1.67. The summed E-state index contributed by atoms with van der Waals surface area (Å²) in [7, 11) is 1.63. The van der Waals surface area contributed by atoms with E-state index in [-0.39, 0.29) is 12.5 Å². The Hall–Kier alpha value is -2.67. The molecule has 1 unspecified atom stereocenters. The lowest BCUT2D eigenvalue weighted by Gasteiger charge is -2.18. The van der Waals surface area contributed by atoms with Gasteiger partial charge < -0.3 is 10.0 Å². The number of aryl methyl sites for hydroxylation is 1. The van der Waals surface area contributed by atoms with E-state index in [0.717, 1.165) is 21.5 Å². The minimum absolute atomic E-state index is 0.162. The fourth-order valence-corrected chi connectivity index (χ4v) is 4.00. The highest BCUT2D eigenvalue weighted by Crippen LogP contribution is 2.29. The fraction of sp³-hybridized carbons (Fsp3) is 0.316. The molecule has 0 aliphatic rings. The number of carboxylic acid groups (broad SMARTS) is 1. The number of amides is 1. The largest absolute Gasteiger partial charge is 0.481 e. The predicted molar refractivity (Wildman–Crippen MR) is 102 cm³/mol. The monoisotopic (exact) mass is 371 g/mol. The maximum Gasteiger partial charge on any atom is 0.308 e. The van der Waals surface area contributed by atoms with Gasteiger partial charge in [0.15, 0.2) is 0 Å². The lowest BCUT2D eigenvalue weighted by atomic mass is 10.2. The number of thiophene rings is 1. The number of aliphatic carboxylic acids is 1. The summed E-state index contributed by atoms with van der Waals surface area (Å²) in [4.78, 5) is 26.7. The molecule has 0 aliphatic carbocycles. The molecule has 0 radical (unpaired) electrons. The molecule has 3 rings (SSSR count). The van der Waals surface area contributed by atoms with Gasteiger partial charge in [-0.25, -0.2) is 0 Å². The van der Waals surface area contributed by atoms with Gasteiger partial charge in [0.25, 0.3) is 5.91 Å². The van der Waals surface area contributed by atoms with Crippen molar-refractivity contribution in [2.75, 3.05) is 13.6 Å². The third-order valence-corrected chi connectivity index (χ3v) is 5.45. The zero-order chi connectivity index (χ0) is 18.8. The molecule has 0 spiro atoms. The van der Waals surface area contributed by atoms with Crippen LogP contribution in [0.2, 0.25) is 0 Å². The number of carbonyl (C=O) groups excluding carboxylic acids is 1. The van der Waals surface area contributed by atoms with E-state index in [2.05, 4.69) is 5.10 Å². The molecule has 1 amide bonds. The summed E-state index contributed by atoms with van der Waals surface area (Å²) < 4.78 is 1.92. The van der Waals surface area contributed by atoms with E-state index in [0.29, 0.717) is 11.4 Å². The summed E-state index contributed by atoms with van der Waals surface area (Å²) >= 11 is 1.40. The van der Waals surface area contributed by atoms with Gasteiger partial charge in [-0.3, -0.25) is 14.3 Å². The Kier molecular flexibility index (Phi) is 5.08. The molecule has 1 aromatic carbocycles. The Morgan fingerprint density at radius 1 is 1.31 bits per heavy atom. The van der Waals surface area contributed by atoms with Gasteiger partial charge in [-0.15, -0.1) is 11.3 Å². The van der Waals surface area contributed by atoms with Crippen LogP contribution in [0.5, 0.6) is 0 Å². The lowest BCUT2D eigenvalue weighted by molar-refractivity contribution is -0.141. The van der Waals surface area contributed by atoms with E-state index in [1.807, 2.05) is 48.0 Å². The van der Waals surface area contributed by atoms with Gasteiger partial charge in [0.05, 0.1) is 23.0 Å². The van der Waals surface area contributed by atoms with Gasteiger partial charge in [0.2, 0.25) is 0 Å². The quantitative estimate of drug-likeness (QED) is 0.722. The number of benzene rings is 1. The fourth-order valence-electron chi connectivity index (χ4n) is 2.84. The third kappa shape index (κ3) is 3.62. The predicted octanol–water partition coefficient (Wildman–Crippen LogP) is 3.25.